The fraction of sp³-hybridized carbons (Fsp3) is 1.00. The molecule has 0 unspecified atom stereocenters. The summed E-state index contributed by atoms with van der Waals surface area (Å²) >= 11 is -1.62. The van der Waals surface area contributed by atoms with Gasteiger partial charge in [0.2, 0.25) is 0 Å². The van der Waals surface area contributed by atoms with Crippen molar-refractivity contribution in [2.24, 2.45) is 0 Å². The molecular formula is C8H24O3P2S. The second kappa shape index (κ2) is 3.46. The summed E-state index contributed by atoms with van der Waals surface area (Å²) in [5, 5.41) is 0. The van der Waals surface area contributed by atoms with Crippen LogP contribution in [0.3, 0.4) is 0 Å². The molecule has 0 aliphatic heterocycles. The van der Waals surface area contributed by atoms with Crippen molar-refractivity contribution in [1.29, 1.82) is 0 Å². The van der Waals surface area contributed by atoms with Gasteiger partial charge in [-0.25, -0.2) is 0 Å². The molecule has 0 aromatic carbocycles. The normalized spacial score (nSPS) is 21.7. The molecule has 3 nitrogen and oxygen atoms in total. The Labute approximate surface area is 90.8 Å². The van der Waals surface area contributed by atoms with Gasteiger partial charge < -0.3 is 0 Å². The minimum atomic E-state index is -2.22. The first-order valence-electron chi connectivity index (χ1n) is 4.44. The Kier molecular flexibility index (Phi) is 3.69. The van der Waals surface area contributed by atoms with Gasteiger partial charge in [-0.15, -0.1) is 0 Å². The van der Waals surface area contributed by atoms with E-state index in [2.05, 4.69) is 0 Å². The minimum absolute atomic E-state index is 1.62. The molecule has 0 aliphatic rings. The van der Waals surface area contributed by atoms with Gasteiger partial charge in [0.1, 0.15) is 0 Å². The van der Waals surface area contributed by atoms with Crippen molar-refractivity contribution in [3.05, 3.63) is 0 Å². The summed E-state index contributed by atoms with van der Waals surface area (Å²) in [6.07, 6.45) is 0. The molecule has 0 aromatic rings. The molecule has 6 heteroatoms. The maximum atomic E-state index is 11.6. The Balaban J connectivity index is 4.44. The average molecular weight is 262 g/mol. The van der Waals surface area contributed by atoms with Gasteiger partial charge in [-0.3, -0.25) is 0 Å². The molecule has 0 bridgehead atoms. The molecule has 14 heavy (non-hydrogen) atoms. The molecule has 0 radical (unpaired) electrons. The van der Waals surface area contributed by atoms with E-state index in [9.17, 15) is 4.21 Å². The van der Waals surface area contributed by atoms with Crippen molar-refractivity contribution in [1.82, 2.24) is 0 Å². The van der Waals surface area contributed by atoms with Crippen molar-refractivity contribution >= 4 is 25.0 Å². The summed E-state index contributed by atoms with van der Waals surface area (Å²) < 4.78 is 22.6. The molecule has 0 aliphatic carbocycles. The Hall–Kier alpha value is 0.930. The molecule has 90 valence electrons. The van der Waals surface area contributed by atoms with Crippen molar-refractivity contribution < 1.29 is 12.1 Å². The predicted molar refractivity (Wildman–Crippen MR) is 71.5 cm³/mol. The molecule has 0 saturated carbocycles. The van der Waals surface area contributed by atoms with Crippen molar-refractivity contribution in [2.75, 3.05) is 53.3 Å². The molecule has 0 spiro atoms. The van der Waals surface area contributed by atoms with Gasteiger partial charge in [-0.2, -0.15) is 0 Å². The summed E-state index contributed by atoms with van der Waals surface area (Å²) in [6, 6.07) is 0. The van der Waals surface area contributed by atoms with Crippen LogP contribution in [-0.4, -0.2) is 57.5 Å². The molecule has 0 aromatic heterocycles. The summed E-state index contributed by atoms with van der Waals surface area (Å²) in [4.78, 5) is 0. The van der Waals surface area contributed by atoms with Crippen LogP contribution < -0.4 is 0 Å². The Bertz CT molecular complexity index is 215. The molecule has 0 fully saturated rings. The van der Waals surface area contributed by atoms with E-state index in [4.69, 9.17) is 7.94 Å². The van der Waals surface area contributed by atoms with Gasteiger partial charge >= 0.3 is 90.5 Å². The Morgan fingerprint density at radius 2 is 0.929 bits per heavy atom. The number of hydrogen-bond donors (Lipinski definition) is 0. The molecular weight excluding hydrogens is 238 g/mol. The van der Waals surface area contributed by atoms with E-state index >= 15 is 0 Å². The zero-order valence-corrected chi connectivity index (χ0v) is 13.1. The van der Waals surface area contributed by atoms with E-state index in [1.165, 1.54) is 0 Å². The second-order valence-electron chi connectivity index (χ2n) is 7.18. The predicted octanol–water partition coefficient (Wildman–Crippen LogP) is 2.57. The molecule has 0 saturated heterocycles. The first-order chi connectivity index (χ1) is 5.60. The van der Waals surface area contributed by atoms with Crippen LogP contribution in [0, 0.1) is 0 Å². The molecule has 0 rings (SSSR count). The topological polar surface area (TPSA) is 35.5 Å². The van der Waals surface area contributed by atoms with Gasteiger partial charge in [0.25, 0.3) is 0 Å². The first kappa shape index (κ1) is 14.9. The SMILES string of the molecule is CP(C)(C)(C)OS(=O)OP(C)(C)(C)C. The average Bonchev–Trinajstić information content (AvgIpc) is 1.41. The van der Waals surface area contributed by atoms with Crippen molar-refractivity contribution in [3.8, 4) is 0 Å². The molecule has 0 heterocycles. The summed E-state index contributed by atoms with van der Waals surface area (Å²) in [6.45, 7) is 11.6. The molecule has 0 N–H and O–H groups in total. The third-order valence-electron chi connectivity index (χ3n) is 0.718. The zero-order valence-electron chi connectivity index (χ0n) is 10.5. The molecule has 0 atom stereocenters. The van der Waals surface area contributed by atoms with Crippen LogP contribution >= 0.6 is 13.7 Å². The quantitative estimate of drug-likeness (QED) is 0.730. The Morgan fingerprint density at radius 1 is 0.714 bits per heavy atom. The monoisotopic (exact) mass is 262 g/mol. The van der Waals surface area contributed by atoms with Gasteiger partial charge in [-0.05, 0) is 0 Å². The zero-order chi connectivity index (χ0) is 11.9. The van der Waals surface area contributed by atoms with Crippen LogP contribution in [0.4, 0.5) is 0 Å². The fourth-order valence-electron chi connectivity index (χ4n) is 0.500. The van der Waals surface area contributed by atoms with Crippen molar-refractivity contribution in [2.45, 2.75) is 0 Å². The maximum absolute atomic E-state index is 11.6. The van der Waals surface area contributed by atoms with E-state index < -0.39 is 25.0 Å². The van der Waals surface area contributed by atoms with E-state index in [1.807, 2.05) is 53.3 Å². The van der Waals surface area contributed by atoms with Crippen LogP contribution in [0.1, 0.15) is 0 Å². The van der Waals surface area contributed by atoms with Crippen LogP contribution in [-0.2, 0) is 19.3 Å². The van der Waals surface area contributed by atoms with Crippen molar-refractivity contribution in [3.63, 3.8) is 0 Å². The molecule has 0 amide bonds. The van der Waals surface area contributed by atoms with Crippen LogP contribution in [0.2, 0.25) is 0 Å². The van der Waals surface area contributed by atoms with E-state index in [1.54, 1.807) is 0 Å². The van der Waals surface area contributed by atoms with E-state index in [-0.39, 0.29) is 0 Å². The third-order valence-corrected chi connectivity index (χ3v) is 6.46. The fourth-order valence-corrected chi connectivity index (χ4v) is 4.75. The van der Waals surface area contributed by atoms with Crippen LogP contribution in [0.5, 0.6) is 0 Å². The summed E-state index contributed by atoms with van der Waals surface area (Å²) in [5.41, 5.74) is 0. The van der Waals surface area contributed by atoms with E-state index in [0.29, 0.717) is 0 Å². The summed E-state index contributed by atoms with van der Waals surface area (Å²) in [5.74, 6) is 0. The van der Waals surface area contributed by atoms with E-state index in [0.717, 1.165) is 0 Å². The number of rotatable bonds is 4. The summed E-state index contributed by atoms with van der Waals surface area (Å²) in [7, 11) is 0. The van der Waals surface area contributed by atoms with Crippen LogP contribution in [0.25, 0.3) is 0 Å². The first-order valence-corrected chi connectivity index (χ1v) is 13.3. The van der Waals surface area contributed by atoms with Gasteiger partial charge in [-0.1, -0.05) is 0 Å². The third kappa shape index (κ3) is 11.0. The Morgan fingerprint density at radius 3 is 1.07 bits per heavy atom. The van der Waals surface area contributed by atoms with Gasteiger partial charge in [0.15, 0.2) is 0 Å². The van der Waals surface area contributed by atoms with Gasteiger partial charge in [0, 0.05) is 0 Å². The standard InChI is InChI=1S/C8H24O3P2S/c1-12(2,3,4)10-14(9)11-13(5,6,7)8/h1-8H3. The van der Waals surface area contributed by atoms with Crippen LogP contribution in [0.15, 0.2) is 0 Å². The van der Waals surface area contributed by atoms with Gasteiger partial charge in [0.05, 0.1) is 0 Å². The number of hydrogen-bond acceptors (Lipinski definition) is 3. The second-order valence-corrected chi connectivity index (χ2v) is 22.4.